The molecule has 0 saturated carbocycles. The van der Waals surface area contributed by atoms with Crippen LogP contribution in [0.1, 0.15) is 18.4 Å². The fraction of sp³-hybridized carbons (Fsp3) is 0.200. The van der Waals surface area contributed by atoms with E-state index >= 15 is 0 Å². The highest BCUT2D eigenvalue weighted by Crippen LogP contribution is 2.45. The molecule has 1 aliphatic rings. The maximum absolute atomic E-state index is 14.1. The van der Waals surface area contributed by atoms with Crippen molar-refractivity contribution >= 4 is 27.2 Å². The van der Waals surface area contributed by atoms with Gasteiger partial charge in [0.25, 0.3) is 0 Å². The van der Waals surface area contributed by atoms with E-state index in [0.717, 1.165) is 39.7 Å². The largest absolute Gasteiger partial charge is 0.506 e. The fourth-order valence-electron chi connectivity index (χ4n) is 4.33. The van der Waals surface area contributed by atoms with Gasteiger partial charge in [0.1, 0.15) is 28.3 Å². The van der Waals surface area contributed by atoms with Gasteiger partial charge in [-0.3, -0.25) is 0 Å². The van der Waals surface area contributed by atoms with Crippen molar-refractivity contribution in [1.29, 1.82) is 5.26 Å². The topological polar surface area (TPSA) is 86.2 Å². The Kier molecular flexibility index (Phi) is 5.44. The molecule has 166 valence electrons. The van der Waals surface area contributed by atoms with Crippen molar-refractivity contribution in [3.05, 3.63) is 65.9 Å². The Bertz CT molecular complexity index is 1380. The molecule has 0 aliphatic carbocycles. The summed E-state index contributed by atoms with van der Waals surface area (Å²) in [5.41, 5.74) is 8.74. The van der Waals surface area contributed by atoms with Crippen LogP contribution in [-0.4, -0.2) is 29.2 Å². The quantitative estimate of drug-likeness (QED) is 0.425. The summed E-state index contributed by atoms with van der Waals surface area (Å²) in [6, 6.07) is 12.5. The van der Waals surface area contributed by atoms with Crippen LogP contribution in [0.5, 0.6) is 5.75 Å². The van der Waals surface area contributed by atoms with Gasteiger partial charge < -0.3 is 15.7 Å². The van der Waals surface area contributed by atoms with Gasteiger partial charge >= 0.3 is 0 Å². The third kappa shape index (κ3) is 3.90. The van der Waals surface area contributed by atoms with E-state index < -0.39 is 11.6 Å². The third-order valence-corrected chi connectivity index (χ3v) is 7.06. The standard InChI is InChI=1S/C25H20F2N4OS/c26-16-8-15(9-17(27)10-16)21-13-30-25-20(23(21)31-6-4-18(29)5-7-31)11-22(33-25)19-3-1-2-14(12-28)24(19)32/h1-3,8-11,13,18,32H,4-7,29H2. The van der Waals surface area contributed by atoms with Gasteiger partial charge in [-0.15, -0.1) is 11.3 Å². The SMILES string of the molecule is N#Cc1cccc(-c2cc3c(N4CCC(N)CC4)c(-c4cc(F)cc(F)c4)cnc3s2)c1O. The number of nitriles is 1. The van der Waals surface area contributed by atoms with Gasteiger partial charge in [0.05, 0.1) is 11.3 Å². The molecule has 3 N–H and O–H groups in total. The number of rotatable bonds is 3. The Morgan fingerprint density at radius 2 is 1.82 bits per heavy atom. The minimum Gasteiger partial charge on any atom is -0.506 e. The lowest BCUT2D eigenvalue weighted by atomic mass is 9.99. The summed E-state index contributed by atoms with van der Waals surface area (Å²) < 4.78 is 28.1. The number of phenolic OH excluding ortho intramolecular Hbond substituents is 1. The zero-order chi connectivity index (χ0) is 23.1. The molecule has 5 nitrogen and oxygen atoms in total. The number of anilines is 1. The molecule has 33 heavy (non-hydrogen) atoms. The van der Waals surface area contributed by atoms with Gasteiger partial charge in [-0.2, -0.15) is 5.26 Å². The minimum atomic E-state index is -0.652. The molecule has 0 spiro atoms. The molecule has 5 rings (SSSR count). The molecule has 0 amide bonds. The summed E-state index contributed by atoms with van der Waals surface area (Å²) >= 11 is 1.39. The number of nitrogens with two attached hydrogens (primary N) is 1. The molecule has 1 saturated heterocycles. The Hall–Kier alpha value is -3.54. The predicted octanol–water partition coefficient (Wildman–Crippen LogP) is 5.41. The Balaban J connectivity index is 1.73. The van der Waals surface area contributed by atoms with E-state index in [0.29, 0.717) is 29.8 Å². The van der Waals surface area contributed by atoms with Crippen molar-refractivity contribution in [1.82, 2.24) is 4.98 Å². The van der Waals surface area contributed by atoms with Crippen LogP contribution >= 0.6 is 11.3 Å². The second kappa shape index (κ2) is 8.43. The van der Waals surface area contributed by atoms with E-state index in [1.54, 1.807) is 24.4 Å². The van der Waals surface area contributed by atoms with Gasteiger partial charge in [-0.05, 0) is 48.7 Å². The van der Waals surface area contributed by atoms with Crippen LogP contribution in [0.15, 0.2) is 48.7 Å². The number of fused-ring (bicyclic) bond motifs is 1. The Morgan fingerprint density at radius 3 is 2.52 bits per heavy atom. The number of phenols is 1. The number of para-hydroxylation sites is 1. The monoisotopic (exact) mass is 462 g/mol. The van der Waals surface area contributed by atoms with Crippen LogP contribution in [-0.2, 0) is 0 Å². The van der Waals surface area contributed by atoms with Crippen molar-refractivity contribution in [2.24, 2.45) is 5.73 Å². The first-order valence-electron chi connectivity index (χ1n) is 10.6. The number of aromatic nitrogens is 1. The van der Waals surface area contributed by atoms with Gasteiger partial charge in [0.2, 0.25) is 0 Å². The Morgan fingerprint density at radius 1 is 1.09 bits per heavy atom. The van der Waals surface area contributed by atoms with Crippen LogP contribution in [0.4, 0.5) is 14.5 Å². The van der Waals surface area contributed by atoms with Crippen molar-refractivity contribution in [2.75, 3.05) is 18.0 Å². The summed E-state index contributed by atoms with van der Waals surface area (Å²) in [6.45, 7) is 1.43. The van der Waals surface area contributed by atoms with Crippen molar-refractivity contribution in [3.63, 3.8) is 0 Å². The molecule has 1 aliphatic heterocycles. The van der Waals surface area contributed by atoms with Crippen LogP contribution in [0.25, 0.3) is 31.8 Å². The lowest BCUT2D eigenvalue weighted by Crippen LogP contribution is -2.40. The normalized spacial score (nSPS) is 14.5. The molecular weight excluding hydrogens is 442 g/mol. The minimum absolute atomic E-state index is 0.0792. The smallest absolute Gasteiger partial charge is 0.141 e. The molecule has 0 atom stereocenters. The van der Waals surface area contributed by atoms with E-state index in [9.17, 15) is 19.1 Å². The predicted molar refractivity (Wildman–Crippen MR) is 126 cm³/mol. The van der Waals surface area contributed by atoms with Crippen molar-refractivity contribution in [3.8, 4) is 33.4 Å². The second-order valence-corrected chi connectivity index (χ2v) is 9.18. The number of piperidine rings is 1. The maximum Gasteiger partial charge on any atom is 0.141 e. The molecule has 8 heteroatoms. The molecule has 0 radical (unpaired) electrons. The van der Waals surface area contributed by atoms with E-state index in [2.05, 4.69) is 9.88 Å². The molecular formula is C25H20F2N4OS. The first-order valence-corrected chi connectivity index (χ1v) is 11.4. The van der Waals surface area contributed by atoms with Crippen LogP contribution in [0.2, 0.25) is 0 Å². The zero-order valence-electron chi connectivity index (χ0n) is 17.6. The van der Waals surface area contributed by atoms with Gasteiger partial charge in [-0.1, -0.05) is 6.07 Å². The third-order valence-electron chi connectivity index (χ3n) is 5.98. The van der Waals surface area contributed by atoms with Gasteiger partial charge in [0.15, 0.2) is 0 Å². The number of aromatic hydroxyl groups is 1. The summed E-state index contributed by atoms with van der Waals surface area (Å²) in [5.74, 6) is -1.38. The summed E-state index contributed by atoms with van der Waals surface area (Å²) in [5, 5.41) is 20.7. The zero-order valence-corrected chi connectivity index (χ0v) is 18.4. The average molecular weight is 463 g/mol. The van der Waals surface area contributed by atoms with Gasteiger partial charge in [-0.25, -0.2) is 13.8 Å². The maximum atomic E-state index is 14.1. The number of benzene rings is 2. The summed E-state index contributed by atoms with van der Waals surface area (Å²) in [7, 11) is 0. The van der Waals surface area contributed by atoms with E-state index in [4.69, 9.17) is 5.73 Å². The number of halogens is 2. The van der Waals surface area contributed by atoms with E-state index in [1.807, 2.05) is 12.1 Å². The van der Waals surface area contributed by atoms with Crippen LogP contribution < -0.4 is 10.6 Å². The number of hydrogen-bond acceptors (Lipinski definition) is 6. The molecule has 2 aromatic heterocycles. The molecule has 1 fully saturated rings. The van der Waals surface area contributed by atoms with Crippen LogP contribution in [0.3, 0.4) is 0 Å². The molecule has 4 aromatic rings. The number of hydrogen-bond donors (Lipinski definition) is 2. The molecule has 0 bridgehead atoms. The average Bonchev–Trinajstić information content (AvgIpc) is 3.22. The number of thiophene rings is 1. The first-order chi connectivity index (χ1) is 15.9. The van der Waals surface area contributed by atoms with E-state index in [1.165, 1.54) is 23.5 Å². The number of nitrogens with zero attached hydrogens (tertiary/aromatic N) is 3. The number of pyridine rings is 1. The summed E-state index contributed by atoms with van der Waals surface area (Å²) in [6.07, 6.45) is 3.26. The molecule has 3 heterocycles. The summed E-state index contributed by atoms with van der Waals surface area (Å²) in [4.78, 5) is 8.26. The van der Waals surface area contributed by atoms with Crippen molar-refractivity contribution in [2.45, 2.75) is 18.9 Å². The van der Waals surface area contributed by atoms with Crippen LogP contribution in [0, 0.1) is 23.0 Å². The highest BCUT2D eigenvalue weighted by molar-refractivity contribution is 7.22. The van der Waals surface area contributed by atoms with Gasteiger partial charge in [0, 0.05) is 52.8 Å². The van der Waals surface area contributed by atoms with Crippen molar-refractivity contribution < 1.29 is 13.9 Å². The Labute approximate surface area is 193 Å². The molecule has 2 aromatic carbocycles. The highest BCUT2D eigenvalue weighted by atomic mass is 32.1. The molecule has 0 unspecified atom stereocenters. The van der Waals surface area contributed by atoms with E-state index in [-0.39, 0.29) is 17.4 Å². The highest BCUT2D eigenvalue weighted by Gasteiger charge is 2.24. The second-order valence-electron chi connectivity index (χ2n) is 8.15. The first kappa shape index (κ1) is 21.3. The lowest BCUT2D eigenvalue weighted by molar-refractivity contribution is 0.475. The lowest BCUT2D eigenvalue weighted by Gasteiger charge is -2.33. The fourth-order valence-corrected chi connectivity index (χ4v) is 5.36.